The molecular formula is C13H14N2O5S. The maximum Gasteiger partial charge on any atom is 0.242 e. The lowest BCUT2D eigenvalue weighted by molar-refractivity contribution is 0.0181. The maximum absolute atomic E-state index is 12.4. The van der Waals surface area contributed by atoms with Crippen molar-refractivity contribution in [1.29, 1.82) is 5.26 Å². The molecule has 2 fully saturated rings. The van der Waals surface area contributed by atoms with Gasteiger partial charge in [0.05, 0.1) is 29.7 Å². The Hall–Kier alpha value is -1.50. The minimum Gasteiger partial charge on any atom is -0.388 e. The van der Waals surface area contributed by atoms with Gasteiger partial charge in [-0.05, 0) is 12.1 Å². The van der Waals surface area contributed by atoms with Crippen LogP contribution in [0, 0.1) is 11.3 Å². The van der Waals surface area contributed by atoms with Gasteiger partial charge < -0.3 is 14.6 Å². The summed E-state index contributed by atoms with van der Waals surface area (Å²) in [6.07, 6.45) is -1.76. The number of rotatable bonds is 3. The molecule has 2 aliphatic rings. The molecule has 1 aromatic carbocycles. The maximum atomic E-state index is 12.4. The van der Waals surface area contributed by atoms with Gasteiger partial charge >= 0.3 is 0 Å². The highest BCUT2D eigenvalue weighted by atomic mass is 32.2. The summed E-state index contributed by atoms with van der Waals surface area (Å²) < 4.78 is 38.0. The lowest BCUT2D eigenvalue weighted by Crippen LogP contribution is -2.44. The first kappa shape index (κ1) is 14.4. The van der Waals surface area contributed by atoms with Crippen molar-refractivity contribution in [3.63, 3.8) is 0 Å². The van der Waals surface area contributed by atoms with Gasteiger partial charge in [-0.2, -0.15) is 5.26 Å². The molecule has 0 spiro atoms. The fraction of sp³-hybridized carbons (Fsp3) is 0.462. The number of fused-ring (bicyclic) bond motifs is 1. The Morgan fingerprint density at radius 2 is 1.95 bits per heavy atom. The van der Waals surface area contributed by atoms with E-state index in [-0.39, 0.29) is 23.7 Å². The third-order valence-corrected chi connectivity index (χ3v) is 5.18. The fourth-order valence-electron chi connectivity index (χ4n) is 2.64. The van der Waals surface area contributed by atoms with Gasteiger partial charge in [0.15, 0.2) is 0 Å². The molecule has 21 heavy (non-hydrogen) atoms. The third kappa shape index (κ3) is 2.54. The number of ether oxygens (including phenoxy) is 2. The van der Waals surface area contributed by atoms with Crippen LogP contribution in [-0.4, -0.2) is 51.1 Å². The van der Waals surface area contributed by atoms with Gasteiger partial charge in [-0.25, -0.2) is 13.1 Å². The van der Waals surface area contributed by atoms with Gasteiger partial charge in [0.1, 0.15) is 24.4 Å². The largest absolute Gasteiger partial charge is 0.388 e. The molecule has 4 atom stereocenters. The molecule has 3 rings (SSSR count). The van der Waals surface area contributed by atoms with E-state index in [0.29, 0.717) is 0 Å². The van der Waals surface area contributed by atoms with E-state index in [9.17, 15) is 13.5 Å². The van der Waals surface area contributed by atoms with Crippen molar-refractivity contribution in [1.82, 2.24) is 4.72 Å². The van der Waals surface area contributed by atoms with Crippen molar-refractivity contribution in [3.05, 3.63) is 29.8 Å². The van der Waals surface area contributed by atoms with E-state index in [4.69, 9.17) is 14.7 Å². The number of nitrogens with zero attached hydrogens (tertiary/aromatic N) is 1. The molecule has 0 amide bonds. The minimum absolute atomic E-state index is 0.0745. The number of aliphatic hydroxyl groups is 1. The molecule has 7 nitrogen and oxygen atoms in total. The van der Waals surface area contributed by atoms with Crippen LogP contribution in [0.25, 0.3) is 0 Å². The van der Waals surface area contributed by atoms with E-state index in [2.05, 4.69) is 4.72 Å². The number of nitrogens with one attached hydrogen (secondary N) is 1. The molecule has 2 heterocycles. The molecule has 0 saturated carbocycles. The molecule has 0 aromatic heterocycles. The molecular weight excluding hydrogens is 296 g/mol. The molecule has 2 aliphatic heterocycles. The fourth-order valence-corrected chi connectivity index (χ4v) is 4.02. The van der Waals surface area contributed by atoms with Gasteiger partial charge in [0.2, 0.25) is 10.0 Å². The van der Waals surface area contributed by atoms with Crippen molar-refractivity contribution < 1.29 is 23.0 Å². The molecule has 112 valence electrons. The molecule has 1 aromatic rings. The Morgan fingerprint density at radius 3 is 2.71 bits per heavy atom. The van der Waals surface area contributed by atoms with Gasteiger partial charge in [-0.3, -0.25) is 0 Å². The van der Waals surface area contributed by atoms with E-state index in [1.807, 2.05) is 6.07 Å². The van der Waals surface area contributed by atoms with Crippen molar-refractivity contribution in [2.45, 2.75) is 29.2 Å². The molecule has 4 unspecified atom stereocenters. The topological polar surface area (TPSA) is 109 Å². The van der Waals surface area contributed by atoms with Crippen LogP contribution in [0.5, 0.6) is 0 Å². The molecule has 0 radical (unpaired) electrons. The Kier molecular flexibility index (Phi) is 3.69. The predicted octanol–water partition coefficient (Wildman–Crippen LogP) is -0.636. The lowest BCUT2D eigenvalue weighted by atomic mass is 10.1. The predicted molar refractivity (Wildman–Crippen MR) is 70.8 cm³/mol. The van der Waals surface area contributed by atoms with Crippen LogP contribution in [0.3, 0.4) is 0 Å². The highest BCUT2D eigenvalue weighted by Gasteiger charge is 2.48. The minimum atomic E-state index is -3.86. The van der Waals surface area contributed by atoms with Crippen molar-refractivity contribution in [3.8, 4) is 6.07 Å². The second kappa shape index (κ2) is 5.36. The number of benzene rings is 1. The summed E-state index contributed by atoms with van der Waals surface area (Å²) in [5.74, 6) is 0. The number of hydrogen-bond donors (Lipinski definition) is 2. The first-order valence-corrected chi connectivity index (χ1v) is 7.94. The number of hydrogen-bond acceptors (Lipinski definition) is 6. The van der Waals surface area contributed by atoms with E-state index in [0.717, 1.165) is 0 Å². The van der Waals surface area contributed by atoms with E-state index in [1.165, 1.54) is 12.1 Å². The Balaban J connectivity index is 1.83. The van der Waals surface area contributed by atoms with Gasteiger partial charge in [0.25, 0.3) is 0 Å². The van der Waals surface area contributed by atoms with Crippen LogP contribution in [0.4, 0.5) is 0 Å². The average molecular weight is 310 g/mol. The first-order valence-electron chi connectivity index (χ1n) is 6.45. The van der Waals surface area contributed by atoms with E-state index >= 15 is 0 Å². The van der Waals surface area contributed by atoms with Gasteiger partial charge in [0, 0.05) is 0 Å². The Bertz CT molecular complexity index is 684. The summed E-state index contributed by atoms with van der Waals surface area (Å²) in [5, 5.41) is 18.6. The first-order chi connectivity index (χ1) is 10.0. The zero-order chi connectivity index (χ0) is 15.0. The summed E-state index contributed by atoms with van der Waals surface area (Å²) in [6.45, 7) is 0.253. The zero-order valence-corrected chi connectivity index (χ0v) is 11.8. The highest BCUT2D eigenvalue weighted by molar-refractivity contribution is 7.89. The Morgan fingerprint density at radius 1 is 1.24 bits per heavy atom. The summed E-state index contributed by atoms with van der Waals surface area (Å²) in [6, 6.07) is 7.25. The van der Waals surface area contributed by atoms with Crippen LogP contribution in [0.1, 0.15) is 5.56 Å². The summed E-state index contributed by atoms with van der Waals surface area (Å²) in [5.41, 5.74) is 0.0767. The highest BCUT2D eigenvalue weighted by Crippen LogP contribution is 2.28. The molecule has 8 heteroatoms. The zero-order valence-electron chi connectivity index (χ0n) is 11.0. The van der Waals surface area contributed by atoms with Gasteiger partial charge in [-0.1, -0.05) is 12.1 Å². The Labute approximate surface area is 122 Å². The normalized spacial score (nSPS) is 31.8. The van der Waals surface area contributed by atoms with Crippen molar-refractivity contribution >= 4 is 10.0 Å². The smallest absolute Gasteiger partial charge is 0.242 e. The molecule has 0 bridgehead atoms. The van der Waals surface area contributed by atoms with E-state index < -0.39 is 34.4 Å². The second-order valence-electron chi connectivity index (χ2n) is 5.00. The van der Waals surface area contributed by atoms with Crippen molar-refractivity contribution in [2.24, 2.45) is 0 Å². The van der Waals surface area contributed by atoms with E-state index in [1.54, 1.807) is 12.1 Å². The van der Waals surface area contributed by atoms with Crippen LogP contribution in [0.2, 0.25) is 0 Å². The summed E-state index contributed by atoms with van der Waals surface area (Å²) >= 11 is 0. The summed E-state index contributed by atoms with van der Waals surface area (Å²) in [4.78, 5) is -0.0745. The second-order valence-corrected chi connectivity index (χ2v) is 6.68. The standard InChI is InChI=1S/C13H14N2O5S/c14-5-8-3-1-2-4-11(8)21(17,18)15-9-6-19-13-10(16)7-20-12(9)13/h1-4,9-10,12-13,15-16H,6-7H2. The third-order valence-electron chi connectivity index (χ3n) is 3.63. The number of sulfonamides is 1. The molecule has 0 aliphatic carbocycles. The van der Waals surface area contributed by atoms with Crippen molar-refractivity contribution in [2.75, 3.05) is 13.2 Å². The SMILES string of the molecule is N#Cc1ccccc1S(=O)(=O)NC1COC2C(O)COC12. The van der Waals surface area contributed by atoms with Crippen LogP contribution >= 0.6 is 0 Å². The molecule has 2 N–H and O–H groups in total. The van der Waals surface area contributed by atoms with Crippen LogP contribution in [-0.2, 0) is 19.5 Å². The summed E-state index contributed by atoms with van der Waals surface area (Å²) in [7, 11) is -3.86. The average Bonchev–Trinajstić information content (AvgIpc) is 3.03. The quantitative estimate of drug-likeness (QED) is 0.769. The van der Waals surface area contributed by atoms with Gasteiger partial charge in [-0.15, -0.1) is 0 Å². The van der Waals surface area contributed by atoms with Crippen LogP contribution in [0.15, 0.2) is 29.2 Å². The number of aliphatic hydroxyl groups excluding tert-OH is 1. The lowest BCUT2D eigenvalue weighted by Gasteiger charge is -2.17. The number of nitriles is 1. The van der Waals surface area contributed by atoms with Crippen LogP contribution < -0.4 is 4.72 Å². The molecule has 2 saturated heterocycles. The monoisotopic (exact) mass is 310 g/mol.